The van der Waals surface area contributed by atoms with Gasteiger partial charge in [0.1, 0.15) is 24.2 Å². The van der Waals surface area contributed by atoms with Gasteiger partial charge in [-0.05, 0) is 63.0 Å². The number of likely N-dealkylation sites (N-methyl/N-ethyl adjacent to an activating group) is 1. The van der Waals surface area contributed by atoms with Gasteiger partial charge in [0.15, 0.2) is 0 Å². The zero-order chi connectivity index (χ0) is 30.5. The van der Waals surface area contributed by atoms with Crippen molar-refractivity contribution in [3.8, 4) is 0 Å². The first-order valence-corrected chi connectivity index (χ1v) is 14.2. The Kier molecular flexibility index (Phi) is 10.0. The molecule has 1 aromatic carbocycles. The molecule has 0 saturated carbocycles. The van der Waals surface area contributed by atoms with Crippen molar-refractivity contribution in [2.24, 2.45) is 5.41 Å². The second-order valence-corrected chi connectivity index (χ2v) is 13.1. The number of hydrogen-bond donors (Lipinski definition) is 3. The maximum absolute atomic E-state index is 14.0. The van der Waals surface area contributed by atoms with E-state index in [9.17, 15) is 24.0 Å². The molecular formula is C30H45N5O6. The molecule has 1 aromatic rings. The lowest BCUT2D eigenvalue weighted by Crippen LogP contribution is -2.59. The summed E-state index contributed by atoms with van der Waals surface area (Å²) in [5.74, 6) is -1.25. The van der Waals surface area contributed by atoms with Crippen LogP contribution in [0, 0.1) is 5.41 Å². The molecule has 0 radical (unpaired) electrons. The Morgan fingerprint density at radius 3 is 2.44 bits per heavy atom. The second kappa shape index (κ2) is 12.9. The molecule has 3 unspecified atom stereocenters. The normalized spacial score (nSPS) is 21.2. The molecule has 0 bridgehead atoms. The van der Waals surface area contributed by atoms with E-state index in [4.69, 9.17) is 4.74 Å². The lowest BCUT2D eigenvalue weighted by molar-refractivity contribution is -0.144. The number of nitrogens with zero attached hydrogens (tertiary/aromatic N) is 2. The summed E-state index contributed by atoms with van der Waals surface area (Å²) in [6, 6.07) is 5.66. The molecule has 2 aliphatic rings. The molecule has 226 valence electrons. The second-order valence-electron chi connectivity index (χ2n) is 13.1. The highest BCUT2D eigenvalue weighted by atomic mass is 16.6. The van der Waals surface area contributed by atoms with Gasteiger partial charge in [-0.2, -0.15) is 0 Å². The van der Waals surface area contributed by atoms with Crippen molar-refractivity contribution in [2.45, 2.75) is 97.0 Å². The number of carbonyl (C=O) groups excluding carboxylic acids is 5. The monoisotopic (exact) mass is 571 g/mol. The third-order valence-corrected chi connectivity index (χ3v) is 7.38. The molecule has 1 heterocycles. The number of carbonyl (C=O) groups is 5. The molecule has 1 aliphatic carbocycles. The van der Waals surface area contributed by atoms with Crippen LogP contribution in [0.5, 0.6) is 0 Å². The smallest absolute Gasteiger partial charge is 0.410 e. The van der Waals surface area contributed by atoms with Crippen molar-refractivity contribution in [3.05, 3.63) is 35.4 Å². The van der Waals surface area contributed by atoms with E-state index in [2.05, 4.69) is 22.0 Å². The molecule has 11 nitrogen and oxygen atoms in total. The zero-order valence-electron chi connectivity index (χ0n) is 25.3. The number of benzene rings is 1. The standard InChI is InChI=1S/C30H45N5O6/c1-29(2,3)25(33-24(37)17-34(7)28(40)41-30(4,5)6)27(39)35-16-20(31-18-36)15-23(35)26(38)32-22-14-10-12-19-11-8-9-13-21(19)22/h8-9,11,13,18,20,22-23,25H,10,12,14-17H2,1-7H3,(H,31,36)(H,32,38)(H,33,37)/t20-,22?,23?,25?/m0/s1. The fraction of sp³-hybridized carbons (Fsp3) is 0.633. The van der Waals surface area contributed by atoms with Crippen LogP contribution in [0.25, 0.3) is 0 Å². The summed E-state index contributed by atoms with van der Waals surface area (Å²) in [4.78, 5) is 66.8. The number of ether oxygens (including phenoxy) is 1. The predicted molar refractivity (Wildman–Crippen MR) is 154 cm³/mol. The largest absolute Gasteiger partial charge is 0.444 e. The average molecular weight is 572 g/mol. The van der Waals surface area contributed by atoms with E-state index >= 15 is 0 Å². The molecule has 1 saturated heterocycles. The van der Waals surface area contributed by atoms with Gasteiger partial charge in [-0.15, -0.1) is 0 Å². The third-order valence-electron chi connectivity index (χ3n) is 7.38. The number of fused-ring (bicyclic) bond motifs is 1. The predicted octanol–water partition coefficient (Wildman–Crippen LogP) is 2.29. The minimum absolute atomic E-state index is 0.136. The first-order valence-electron chi connectivity index (χ1n) is 14.2. The SMILES string of the molecule is CN(CC(=O)NC(C(=O)N1C[C@@H](NC=O)CC1C(=O)NC1CCCc2ccccc21)C(C)(C)C)C(=O)OC(C)(C)C. The fourth-order valence-corrected chi connectivity index (χ4v) is 5.36. The molecule has 3 N–H and O–H groups in total. The number of aryl methyl sites for hydroxylation is 1. The van der Waals surface area contributed by atoms with Crippen LogP contribution in [0.1, 0.15) is 78.0 Å². The van der Waals surface area contributed by atoms with Gasteiger partial charge in [0.05, 0.1) is 6.04 Å². The Bertz CT molecular complexity index is 1140. The van der Waals surface area contributed by atoms with Gasteiger partial charge in [0, 0.05) is 19.6 Å². The quantitative estimate of drug-likeness (QED) is 0.410. The minimum Gasteiger partial charge on any atom is -0.444 e. The van der Waals surface area contributed by atoms with Crippen LogP contribution < -0.4 is 16.0 Å². The summed E-state index contributed by atoms with van der Waals surface area (Å²) in [5, 5.41) is 8.64. The molecule has 3 rings (SSSR count). The number of likely N-dealkylation sites (tertiary alicyclic amines) is 1. The number of rotatable bonds is 8. The summed E-state index contributed by atoms with van der Waals surface area (Å²) >= 11 is 0. The molecule has 11 heteroatoms. The van der Waals surface area contributed by atoms with Crippen molar-refractivity contribution in [1.29, 1.82) is 0 Å². The highest BCUT2D eigenvalue weighted by Gasteiger charge is 2.45. The van der Waals surface area contributed by atoms with Crippen LogP contribution in [-0.2, 0) is 30.3 Å². The Morgan fingerprint density at radius 1 is 1.12 bits per heavy atom. The molecular weight excluding hydrogens is 526 g/mol. The van der Waals surface area contributed by atoms with E-state index in [0.717, 1.165) is 29.7 Å². The Balaban J connectivity index is 1.77. The van der Waals surface area contributed by atoms with Crippen LogP contribution >= 0.6 is 0 Å². The average Bonchev–Trinajstić information content (AvgIpc) is 3.30. The van der Waals surface area contributed by atoms with Gasteiger partial charge < -0.3 is 30.5 Å². The highest BCUT2D eigenvalue weighted by Crippen LogP contribution is 2.31. The summed E-state index contributed by atoms with van der Waals surface area (Å²) < 4.78 is 5.31. The summed E-state index contributed by atoms with van der Waals surface area (Å²) in [5.41, 5.74) is 0.856. The van der Waals surface area contributed by atoms with Crippen molar-refractivity contribution < 1.29 is 28.7 Å². The van der Waals surface area contributed by atoms with E-state index in [1.54, 1.807) is 20.8 Å². The molecule has 5 amide bonds. The first kappa shape index (κ1) is 31.9. The molecule has 0 aromatic heterocycles. The minimum atomic E-state index is -0.984. The van der Waals surface area contributed by atoms with Gasteiger partial charge in [0.25, 0.3) is 0 Å². The summed E-state index contributed by atoms with van der Waals surface area (Å²) in [7, 11) is 1.45. The van der Waals surface area contributed by atoms with Gasteiger partial charge in [-0.25, -0.2) is 4.79 Å². The van der Waals surface area contributed by atoms with Crippen molar-refractivity contribution in [3.63, 3.8) is 0 Å². The lowest BCUT2D eigenvalue weighted by atomic mass is 9.85. The van der Waals surface area contributed by atoms with Gasteiger partial charge >= 0.3 is 6.09 Å². The molecule has 41 heavy (non-hydrogen) atoms. The highest BCUT2D eigenvalue weighted by molar-refractivity contribution is 5.94. The van der Waals surface area contributed by atoms with E-state index < -0.39 is 47.0 Å². The van der Waals surface area contributed by atoms with Gasteiger partial charge in [-0.1, -0.05) is 45.0 Å². The summed E-state index contributed by atoms with van der Waals surface area (Å²) in [6.07, 6.45) is 2.87. The fourth-order valence-electron chi connectivity index (χ4n) is 5.36. The van der Waals surface area contributed by atoms with Crippen LogP contribution in [0.3, 0.4) is 0 Å². The van der Waals surface area contributed by atoms with Crippen LogP contribution in [0.2, 0.25) is 0 Å². The van der Waals surface area contributed by atoms with E-state index in [0.29, 0.717) is 6.41 Å². The summed E-state index contributed by atoms with van der Waals surface area (Å²) in [6.45, 7) is 10.5. The number of nitrogens with one attached hydrogen (secondary N) is 3. The Hall–Kier alpha value is -3.63. The number of hydrogen-bond acceptors (Lipinski definition) is 6. The van der Waals surface area contributed by atoms with Gasteiger partial charge in [0.2, 0.25) is 24.1 Å². The van der Waals surface area contributed by atoms with E-state index in [1.807, 2.05) is 39.0 Å². The maximum Gasteiger partial charge on any atom is 0.410 e. The van der Waals surface area contributed by atoms with Crippen molar-refractivity contribution in [1.82, 2.24) is 25.8 Å². The maximum atomic E-state index is 14.0. The Morgan fingerprint density at radius 2 is 1.80 bits per heavy atom. The number of amides is 5. The van der Waals surface area contributed by atoms with E-state index in [-0.39, 0.29) is 31.5 Å². The first-order chi connectivity index (χ1) is 19.1. The van der Waals surface area contributed by atoms with Crippen LogP contribution in [0.15, 0.2) is 24.3 Å². The van der Waals surface area contributed by atoms with Crippen LogP contribution in [-0.4, -0.2) is 83.9 Å². The molecule has 0 spiro atoms. The Labute approximate surface area is 242 Å². The van der Waals surface area contributed by atoms with Crippen molar-refractivity contribution in [2.75, 3.05) is 20.1 Å². The molecule has 1 aliphatic heterocycles. The zero-order valence-corrected chi connectivity index (χ0v) is 25.3. The van der Waals surface area contributed by atoms with Crippen molar-refractivity contribution >= 4 is 30.2 Å². The van der Waals surface area contributed by atoms with Gasteiger partial charge in [-0.3, -0.25) is 19.2 Å². The molecule has 1 fully saturated rings. The molecule has 4 atom stereocenters. The van der Waals surface area contributed by atoms with E-state index in [1.165, 1.54) is 17.5 Å². The third kappa shape index (κ3) is 8.43. The lowest BCUT2D eigenvalue weighted by Gasteiger charge is -2.36. The van der Waals surface area contributed by atoms with Crippen LogP contribution in [0.4, 0.5) is 4.79 Å². The topological polar surface area (TPSA) is 137 Å².